The van der Waals surface area contributed by atoms with Gasteiger partial charge in [-0.05, 0) is 48.9 Å². The van der Waals surface area contributed by atoms with Crippen LogP contribution < -0.4 is 5.73 Å². The van der Waals surface area contributed by atoms with Gasteiger partial charge >= 0.3 is 0 Å². The smallest absolute Gasteiger partial charge is 0.123 e. The van der Waals surface area contributed by atoms with Crippen LogP contribution >= 0.6 is 15.9 Å². The third kappa shape index (κ3) is 4.22. The van der Waals surface area contributed by atoms with Gasteiger partial charge < -0.3 is 5.73 Å². The van der Waals surface area contributed by atoms with Crippen molar-refractivity contribution in [1.29, 1.82) is 0 Å². The molecule has 0 spiro atoms. The van der Waals surface area contributed by atoms with Crippen LogP contribution in [0, 0.1) is 11.2 Å². The fraction of sp³-hybridized carbons (Fsp3) is 0.538. The van der Waals surface area contributed by atoms with E-state index < -0.39 is 0 Å². The molecule has 0 aliphatic rings. The first-order valence-corrected chi connectivity index (χ1v) is 6.29. The van der Waals surface area contributed by atoms with Gasteiger partial charge in [-0.25, -0.2) is 4.39 Å². The summed E-state index contributed by atoms with van der Waals surface area (Å²) < 4.78 is 14.1. The highest BCUT2D eigenvalue weighted by atomic mass is 79.9. The van der Waals surface area contributed by atoms with Crippen LogP contribution in [-0.2, 0) is 6.42 Å². The van der Waals surface area contributed by atoms with Gasteiger partial charge in [-0.2, -0.15) is 0 Å². The third-order valence-electron chi connectivity index (χ3n) is 2.55. The Morgan fingerprint density at radius 1 is 1.44 bits per heavy atom. The van der Waals surface area contributed by atoms with Crippen molar-refractivity contribution in [2.75, 3.05) is 0 Å². The second-order valence-corrected chi connectivity index (χ2v) is 6.11. The Labute approximate surface area is 105 Å². The minimum Gasteiger partial charge on any atom is -0.328 e. The number of nitrogens with two attached hydrogens (primary N) is 1. The van der Waals surface area contributed by atoms with Crippen molar-refractivity contribution in [1.82, 2.24) is 0 Å². The number of hydrogen-bond donors (Lipinski definition) is 1. The van der Waals surface area contributed by atoms with Crippen molar-refractivity contribution in [3.63, 3.8) is 0 Å². The van der Waals surface area contributed by atoms with Crippen molar-refractivity contribution >= 4 is 15.9 Å². The molecule has 2 N–H and O–H groups in total. The molecule has 0 radical (unpaired) electrons. The van der Waals surface area contributed by atoms with Crippen molar-refractivity contribution < 1.29 is 4.39 Å². The van der Waals surface area contributed by atoms with E-state index in [0.29, 0.717) is 0 Å². The summed E-state index contributed by atoms with van der Waals surface area (Å²) in [7, 11) is 0. The van der Waals surface area contributed by atoms with Crippen molar-refractivity contribution in [3.8, 4) is 0 Å². The summed E-state index contributed by atoms with van der Waals surface area (Å²) in [4.78, 5) is 0. The van der Waals surface area contributed by atoms with E-state index in [2.05, 4.69) is 29.8 Å². The van der Waals surface area contributed by atoms with Gasteiger partial charge in [0.05, 0.1) is 0 Å². The van der Waals surface area contributed by atoms with Crippen LogP contribution in [0.25, 0.3) is 0 Å². The van der Waals surface area contributed by atoms with E-state index in [-0.39, 0.29) is 17.3 Å². The monoisotopic (exact) mass is 287 g/mol. The van der Waals surface area contributed by atoms with E-state index in [0.717, 1.165) is 22.9 Å². The predicted molar refractivity (Wildman–Crippen MR) is 69.9 cm³/mol. The summed E-state index contributed by atoms with van der Waals surface area (Å²) in [6, 6.07) is 4.98. The third-order valence-corrected chi connectivity index (χ3v) is 3.32. The highest BCUT2D eigenvalue weighted by Crippen LogP contribution is 2.30. The van der Waals surface area contributed by atoms with Gasteiger partial charge in [-0.3, -0.25) is 0 Å². The predicted octanol–water partition coefficient (Wildman–Crippen LogP) is 3.89. The van der Waals surface area contributed by atoms with E-state index in [4.69, 9.17) is 5.73 Å². The second kappa shape index (κ2) is 5.28. The van der Waals surface area contributed by atoms with Gasteiger partial charge in [-0.15, -0.1) is 0 Å². The molecule has 0 aliphatic heterocycles. The van der Waals surface area contributed by atoms with Gasteiger partial charge in [0.25, 0.3) is 0 Å². The molecule has 1 rings (SSSR count). The summed E-state index contributed by atoms with van der Waals surface area (Å²) in [6.07, 6.45) is 1.75. The molecular formula is C13H19BrFN. The molecule has 0 aliphatic carbocycles. The lowest BCUT2D eigenvalue weighted by molar-refractivity contribution is 0.308. The summed E-state index contributed by atoms with van der Waals surface area (Å²) in [6.45, 7) is 6.32. The van der Waals surface area contributed by atoms with Gasteiger partial charge in [0.1, 0.15) is 5.82 Å². The molecule has 0 aromatic heterocycles. The number of hydrogen-bond acceptors (Lipinski definition) is 1. The fourth-order valence-electron chi connectivity index (χ4n) is 2.14. The van der Waals surface area contributed by atoms with Crippen molar-refractivity contribution in [2.24, 2.45) is 11.1 Å². The molecule has 90 valence electrons. The zero-order valence-corrected chi connectivity index (χ0v) is 11.6. The van der Waals surface area contributed by atoms with E-state index in [1.165, 1.54) is 6.07 Å². The Morgan fingerprint density at radius 3 is 2.62 bits per heavy atom. The molecule has 1 aromatic carbocycles. The molecule has 0 amide bonds. The van der Waals surface area contributed by atoms with Gasteiger partial charge in [0.15, 0.2) is 0 Å². The highest BCUT2D eigenvalue weighted by molar-refractivity contribution is 9.10. The Morgan fingerprint density at radius 2 is 2.06 bits per heavy atom. The minimum atomic E-state index is -0.185. The maximum Gasteiger partial charge on any atom is 0.123 e. The average Bonchev–Trinajstić information content (AvgIpc) is 2.08. The van der Waals surface area contributed by atoms with Gasteiger partial charge in [0, 0.05) is 10.5 Å². The quantitative estimate of drug-likeness (QED) is 0.893. The van der Waals surface area contributed by atoms with Gasteiger partial charge in [0.2, 0.25) is 0 Å². The zero-order chi connectivity index (χ0) is 12.3. The normalized spacial score (nSPS) is 13.9. The maximum atomic E-state index is 13.1. The molecule has 0 fully saturated rings. The van der Waals surface area contributed by atoms with Crippen molar-refractivity contribution in [3.05, 3.63) is 34.1 Å². The lowest BCUT2D eigenvalue weighted by Gasteiger charge is -2.27. The highest BCUT2D eigenvalue weighted by Gasteiger charge is 2.21. The van der Waals surface area contributed by atoms with Crippen LogP contribution in [-0.4, -0.2) is 6.04 Å². The molecule has 0 saturated carbocycles. The van der Waals surface area contributed by atoms with Gasteiger partial charge in [-0.1, -0.05) is 29.8 Å². The molecule has 16 heavy (non-hydrogen) atoms. The van der Waals surface area contributed by atoms with Crippen molar-refractivity contribution in [2.45, 2.75) is 39.7 Å². The lowest BCUT2D eigenvalue weighted by Crippen LogP contribution is -2.26. The Kier molecular flexibility index (Phi) is 4.51. The second-order valence-electron chi connectivity index (χ2n) is 5.26. The largest absolute Gasteiger partial charge is 0.328 e. The van der Waals surface area contributed by atoms with Crippen LogP contribution in [0.2, 0.25) is 0 Å². The Hall–Kier alpha value is -0.410. The molecule has 1 atom stereocenters. The summed E-state index contributed by atoms with van der Waals surface area (Å²) >= 11 is 3.45. The molecule has 1 nitrogen and oxygen atoms in total. The SMILES string of the molecule is CC(N)CC(C)(C)Cc1cc(F)ccc1Br. The summed E-state index contributed by atoms with van der Waals surface area (Å²) in [5.41, 5.74) is 6.91. The molecule has 0 heterocycles. The summed E-state index contributed by atoms with van der Waals surface area (Å²) in [5, 5.41) is 0. The number of benzene rings is 1. The lowest BCUT2D eigenvalue weighted by atomic mass is 9.80. The van der Waals surface area contributed by atoms with Crippen LogP contribution in [0.15, 0.2) is 22.7 Å². The first-order chi connectivity index (χ1) is 7.30. The van der Waals surface area contributed by atoms with E-state index >= 15 is 0 Å². The number of halogens is 2. The van der Waals surface area contributed by atoms with Crippen LogP contribution in [0.3, 0.4) is 0 Å². The van der Waals surface area contributed by atoms with E-state index in [9.17, 15) is 4.39 Å². The summed E-state index contributed by atoms with van der Waals surface area (Å²) in [5.74, 6) is -0.185. The molecule has 3 heteroatoms. The van der Waals surface area contributed by atoms with E-state index in [1.54, 1.807) is 12.1 Å². The number of rotatable bonds is 4. The van der Waals surface area contributed by atoms with Crippen LogP contribution in [0.1, 0.15) is 32.8 Å². The molecule has 1 unspecified atom stereocenters. The van der Waals surface area contributed by atoms with Crippen LogP contribution in [0.5, 0.6) is 0 Å². The Balaban J connectivity index is 2.82. The van der Waals surface area contributed by atoms with Crippen LogP contribution in [0.4, 0.5) is 4.39 Å². The molecular weight excluding hydrogens is 269 g/mol. The fourth-order valence-corrected chi connectivity index (χ4v) is 2.52. The zero-order valence-electron chi connectivity index (χ0n) is 10.1. The molecule has 0 saturated heterocycles. The molecule has 0 bridgehead atoms. The minimum absolute atomic E-state index is 0.0878. The molecule has 1 aromatic rings. The maximum absolute atomic E-state index is 13.1. The van der Waals surface area contributed by atoms with E-state index in [1.807, 2.05) is 6.92 Å². The first kappa shape index (κ1) is 13.7. The average molecular weight is 288 g/mol. The standard InChI is InChI=1S/C13H19BrFN/c1-9(16)7-13(2,3)8-10-6-11(15)4-5-12(10)14/h4-6,9H,7-8,16H2,1-3H3. The topological polar surface area (TPSA) is 26.0 Å². The first-order valence-electron chi connectivity index (χ1n) is 5.50. The Bertz CT molecular complexity index is 361.